The number of amides is 1. The van der Waals surface area contributed by atoms with Gasteiger partial charge in [0.25, 0.3) is 5.91 Å². The molecule has 0 radical (unpaired) electrons. The van der Waals surface area contributed by atoms with Crippen LogP contribution in [0.3, 0.4) is 0 Å². The molecule has 2 heterocycles. The molecule has 1 aliphatic carbocycles. The van der Waals surface area contributed by atoms with Crippen LogP contribution >= 0.6 is 0 Å². The zero-order valence-corrected chi connectivity index (χ0v) is 11.0. The van der Waals surface area contributed by atoms with Crippen molar-refractivity contribution in [1.82, 2.24) is 4.90 Å². The maximum atomic E-state index is 12.4. The molecule has 4 nitrogen and oxygen atoms in total. The second-order valence-corrected chi connectivity index (χ2v) is 5.70. The van der Waals surface area contributed by atoms with Gasteiger partial charge in [-0.15, -0.1) is 0 Å². The number of furan rings is 1. The highest BCUT2D eigenvalue weighted by molar-refractivity contribution is 5.95. The summed E-state index contributed by atoms with van der Waals surface area (Å²) in [6.45, 7) is 5.40. The smallest absolute Gasteiger partial charge is 0.257 e. The summed E-state index contributed by atoms with van der Waals surface area (Å²) < 4.78 is 5.44. The van der Waals surface area contributed by atoms with Crippen LogP contribution in [0.4, 0.5) is 0 Å². The van der Waals surface area contributed by atoms with Gasteiger partial charge < -0.3 is 15.1 Å². The number of hydrogen-bond donors (Lipinski definition) is 1. The number of rotatable bonds is 1. The van der Waals surface area contributed by atoms with Gasteiger partial charge in [0.15, 0.2) is 0 Å². The fourth-order valence-electron chi connectivity index (χ4n) is 3.49. The van der Waals surface area contributed by atoms with Crippen molar-refractivity contribution in [2.75, 3.05) is 13.1 Å². The maximum absolute atomic E-state index is 12.4. The lowest BCUT2D eigenvalue weighted by Gasteiger charge is -2.18. The van der Waals surface area contributed by atoms with Gasteiger partial charge in [-0.25, -0.2) is 0 Å². The number of fused-ring (bicyclic) bond motifs is 1. The number of hydrogen-bond acceptors (Lipinski definition) is 3. The number of aryl methyl sites for hydroxylation is 2. The first-order valence-electron chi connectivity index (χ1n) is 6.68. The monoisotopic (exact) mass is 248 g/mol. The molecule has 1 saturated carbocycles. The van der Waals surface area contributed by atoms with Gasteiger partial charge in [0.2, 0.25) is 0 Å². The zero-order valence-electron chi connectivity index (χ0n) is 11.0. The third-order valence-electron chi connectivity index (χ3n) is 4.47. The summed E-state index contributed by atoms with van der Waals surface area (Å²) in [6.07, 6.45) is 2.28. The second-order valence-electron chi connectivity index (χ2n) is 5.70. The Morgan fingerprint density at radius 2 is 2.17 bits per heavy atom. The Bertz CT molecular complexity index is 480. The third kappa shape index (κ3) is 1.75. The summed E-state index contributed by atoms with van der Waals surface area (Å²) >= 11 is 0. The molecule has 1 aromatic heterocycles. The highest BCUT2D eigenvalue weighted by Gasteiger charge is 2.42. The van der Waals surface area contributed by atoms with E-state index < -0.39 is 0 Å². The average Bonchev–Trinajstić information content (AvgIpc) is 2.96. The normalized spacial score (nSPS) is 30.8. The summed E-state index contributed by atoms with van der Waals surface area (Å²) in [7, 11) is 0. The molecule has 1 saturated heterocycles. The molecule has 98 valence electrons. The molecule has 1 amide bonds. The minimum absolute atomic E-state index is 0.103. The molecule has 0 unspecified atom stereocenters. The van der Waals surface area contributed by atoms with E-state index in [0.717, 1.165) is 31.0 Å². The standard InChI is InChI=1S/C14H20N2O2/c1-8-5-11(9(2)18-8)14(17)16-6-10-3-4-13(15)12(10)7-16/h5,10,12-13H,3-4,6-7,15H2,1-2H3/t10-,12+,13-/m0/s1. The van der Waals surface area contributed by atoms with Crippen LogP contribution in [0.25, 0.3) is 0 Å². The van der Waals surface area contributed by atoms with Crippen LogP contribution in [-0.2, 0) is 0 Å². The first-order chi connectivity index (χ1) is 8.56. The Labute approximate surface area is 107 Å². The Kier molecular flexibility index (Phi) is 2.70. The summed E-state index contributed by atoms with van der Waals surface area (Å²) in [5.41, 5.74) is 6.81. The molecule has 1 aliphatic heterocycles. The number of nitrogens with two attached hydrogens (primary N) is 1. The van der Waals surface area contributed by atoms with Gasteiger partial charge in [0.1, 0.15) is 11.5 Å². The quantitative estimate of drug-likeness (QED) is 0.823. The zero-order chi connectivity index (χ0) is 12.9. The highest BCUT2D eigenvalue weighted by Crippen LogP contribution is 2.37. The molecule has 2 N–H and O–H groups in total. The summed E-state index contributed by atoms with van der Waals surface area (Å²) in [6, 6.07) is 2.12. The van der Waals surface area contributed by atoms with Gasteiger partial charge in [-0.2, -0.15) is 0 Å². The lowest BCUT2D eigenvalue weighted by atomic mass is 9.98. The maximum Gasteiger partial charge on any atom is 0.257 e. The Balaban J connectivity index is 1.77. The van der Waals surface area contributed by atoms with Crippen molar-refractivity contribution in [2.45, 2.75) is 32.7 Å². The van der Waals surface area contributed by atoms with Gasteiger partial charge in [0, 0.05) is 19.1 Å². The molecule has 0 aromatic carbocycles. The van der Waals surface area contributed by atoms with Crippen LogP contribution < -0.4 is 5.73 Å². The van der Waals surface area contributed by atoms with E-state index in [9.17, 15) is 4.79 Å². The molecule has 0 spiro atoms. The Morgan fingerprint density at radius 3 is 2.78 bits per heavy atom. The van der Waals surface area contributed by atoms with Gasteiger partial charge in [-0.1, -0.05) is 0 Å². The van der Waals surface area contributed by atoms with Gasteiger partial charge >= 0.3 is 0 Å². The van der Waals surface area contributed by atoms with Gasteiger partial charge in [-0.05, 0) is 44.6 Å². The van der Waals surface area contributed by atoms with Crippen molar-refractivity contribution in [3.63, 3.8) is 0 Å². The van der Waals surface area contributed by atoms with Crippen LogP contribution in [0.15, 0.2) is 10.5 Å². The Hall–Kier alpha value is -1.29. The van der Waals surface area contributed by atoms with Crippen molar-refractivity contribution < 1.29 is 9.21 Å². The minimum atomic E-state index is 0.103. The molecule has 3 atom stereocenters. The van der Waals surface area contributed by atoms with E-state index in [4.69, 9.17) is 10.2 Å². The van der Waals surface area contributed by atoms with Crippen molar-refractivity contribution in [3.05, 3.63) is 23.2 Å². The highest BCUT2D eigenvalue weighted by atomic mass is 16.3. The van der Waals surface area contributed by atoms with Crippen molar-refractivity contribution in [2.24, 2.45) is 17.6 Å². The molecule has 1 aromatic rings. The predicted octanol–water partition coefficient (Wildman–Crippen LogP) is 1.71. The second kappa shape index (κ2) is 4.12. The number of carbonyl (C=O) groups is 1. The van der Waals surface area contributed by atoms with Crippen molar-refractivity contribution in [1.29, 1.82) is 0 Å². The van der Waals surface area contributed by atoms with E-state index in [1.165, 1.54) is 6.42 Å². The molecular formula is C14H20N2O2. The molecule has 4 heteroatoms. The topological polar surface area (TPSA) is 59.5 Å². The minimum Gasteiger partial charge on any atom is -0.466 e. The molecule has 2 aliphatic rings. The van der Waals surface area contributed by atoms with Crippen LogP contribution in [0.1, 0.15) is 34.7 Å². The fraction of sp³-hybridized carbons (Fsp3) is 0.643. The Morgan fingerprint density at radius 1 is 1.39 bits per heavy atom. The molecular weight excluding hydrogens is 228 g/mol. The third-order valence-corrected chi connectivity index (χ3v) is 4.47. The van der Waals surface area contributed by atoms with E-state index in [-0.39, 0.29) is 11.9 Å². The number of carbonyl (C=O) groups excluding carboxylic acids is 1. The summed E-state index contributed by atoms with van der Waals surface area (Å²) in [5.74, 6) is 2.73. The lowest BCUT2D eigenvalue weighted by Crippen LogP contribution is -2.33. The largest absolute Gasteiger partial charge is 0.466 e. The average molecular weight is 248 g/mol. The predicted molar refractivity (Wildman–Crippen MR) is 68.3 cm³/mol. The molecule has 18 heavy (non-hydrogen) atoms. The summed E-state index contributed by atoms with van der Waals surface area (Å²) in [4.78, 5) is 14.4. The van der Waals surface area contributed by atoms with Crippen LogP contribution in [0.5, 0.6) is 0 Å². The van der Waals surface area contributed by atoms with Crippen molar-refractivity contribution in [3.8, 4) is 0 Å². The lowest BCUT2D eigenvalue weighted by molar-refractivity contribution is 0.0778. The van der Waals surface area contributed by atoms with Gasteiger partial charge in [0.05, 0.1) is 5.56 Å². The number of likely N-dealkylation sites (tertiary alicyclic amines) is 1. The first kappa shape index (κ1) is 11.8. The van der Waals surface area contributed by atoms with E-state index in [2.05, 4.69) is 0 Å². The summed E-state index contributed by atoms with van der Waals surface area (Å²) in [5, 5.41) is 0. The first-order valence-corrected chi connectivity index (χ1v) is 6.68. The fourth-order valence-corrected chi connectivity index (χ4v) is 3.49. The number of nitrogens with zero attached hydrogens (tertiary/aromatic N) is 1. The molecule has 3 rings (SSSR count). The molecule has 2 fully saturated rings. The van der Waals surface area contributed by atoms with Crippen LogP contribution in [0.2, 0.25) is 0 Å². The molecule has 0 bridgehead atoms. The van der Waals surface area contributed by atoms with Crippen molar-refractivity contribution >= 4 is 5.91 Å². The van der Waals surface area contributed by atoms with Crippen LogP contribution in [0, 0.1) is 25.7 Å². The van der Waals surface area contributed by atoms with Gasteiger partial charge in [-0.3, -0.25) is 4.79 Å². The van der Waals surface area contributed by atoms with E-state index >= 15 is 0 Å². The van der Waals surface area contributed by atoms with E-state index in [1.807, 2.05) is 24.8 Å². The SMILES string of the molecule is Cc1cc(C(=O)N2C[C@@H]3CC[C@H](N)[C@@H]3C2)c(C)o1. The van der Waals surface area contributed by atoms with Crippen LogP contribution in [-0.4, -0.2) is 29.9 Å². The van der Waals surface area contributed by atoms with E-state index in [0.29, 0.717) is 17.4 Å². The van der Waals surface area contributed by atoms with E-state index in [1.54, 1.807) is 0 Å².